The fourth-order valence-corrected chi connectivity index (χ4v) is 2.32. The first-order chi connectivity index (χ1) is 8.75. The molecule has 0 atom stereocenters. The fourth-order valence-electron chi connectivity index (χ4n) is 2.32. The van der Waals surface area contributed by atoms with Crippen LogP contribution in [-0.4, -0.2) is 4.98 Å². The van der Waals surface area contributed by atoms with Crippen LogP contribution in [0.1, 0.15) is 5.56 Å². The SMILES string of the molecule is Cc1ccc2ccccc2c1-c1ccc(N)nc1. The molecule has 3 rings (SSSR count). The van der Waals surface area contributed by atoms with Gasteiger partial charge in [0.25, 0.3) is 0 Å². The van der Waals surface area contributed by atoms with Crippen molar-refractivity contribution in [2.24, 2.45) is 0 Å². The molecule has 0 aliphatic carbocycles. The molecule has 2 N–H and O–H groups in total. The van der Waals surface area contributed by atoms with Crippen LogP contribution < -0.4 is 5.73 Å². The molecule has 0 amide bonds. The van der Waals surface area contributed by atoms with Gasteiger partial charge in [0.05, 0.1) is 0 Å². The Bertz CT molecular complexity index is 700. The first kappa shape index (κ1) is 10.8. The first-order valence-corrected chi connectivity index (χ1v) is 5.96. The third-order valence-corrected chi connectivity index (χ3v) is 3.21. The molecule has 0 unspecified atom stereocenters. The van der Waals surface area contributed by atoms with Crippen LogP contribution >= 0.6 is 0 Å². The Kier molecular flexibility index (Phi) is 2.49. The number of hydrogen-bond donors (Lipinski definition) is 1. The van der Waals surface area contributed by atoms with E-state index in [1.54, 1.807) is 0 Å². The number of pyridine rings is 1. The van der Waals surface area contributed by atoms with Crippen molar-refractivity contribution >= 4 is 16.6 Å². The van der Waals surface area contributed by atoms with Crippen LogP contribution in [0.2, 0.25) is 0 Å². The highest BCUT2D eigenvalue weighted by Crippen LogP contribution is 2.31. The predicted molar refractivity (Wildman–Crippen MR) is 76.3 cm³/mol. The highest BCUT2D eigenvalue weighted by molar-refractivity contribution is 5.98. The smallest absolute Gasteiger partial charge is 0.123 e. The van der Waals surface area contributed by atoms with E-state index in [0.717, 1.165) is 5.56 Å². The van der Waals surface area contributed by atoms with Crippen molar-refractivity contribution in [3.63, 3.8) is 0 Å². The number of anilines is 1. The highest BCUT2D eigenvalue weighted by Gasteiger charge is 2.07. The largest absolute Gasteiger partial charge is 0.384 e. The van der Waals surface area contributed by atoms with E-state index in [1.807, 2.05) is 18.3 Å². The Balaban J connectivity index is 2.33. The molecule has 2 aromatic carbocycles. The standard InChI is InChI=1S/C16H14N2/c1-11-6-7-12-4-2-3-5-14(12)16(11)13-8-9-15(17)18-10-13/h2-10H,1H3,(H2,17,18). The lowest BCUT2D eigenvalue weighted by Gasteiger charge is -2.10. The molecular weight excluding hydrogens is 220 g/mol. The maximum absolute atomic E-state index is 5.64. The monoisotopic (exact) mass is 234 g/mol. The number of fused-ring (bicyclic) bond motifs is 1. The second kappa shape index (κ2) is 4.15. The second-order valence-corrected chi connectivity index (χ2v) is 4.45. The normalized spacial score (nSPS) is 10.7. The molecule has 2 heteroatoms. The van der Waals surface area contributed by atoms with Crippen LogP contribution in [0.15, 0.2) is 54.7 Å². The number of nitrogens with two attached hydrogens (primary N) is 1. The molecule has 0 aliphatic rings. The summed E-state index contributed by atoms with van der Waals surface area (Å²) in [6, 6.07) is 16.6. The predicted octanol–water partition coefficient (Wildman–Crippen LogP) is 3.79. The first-order valence-electron chi connectivity index (χ1n) is 5.96. The van der Waals surface area contributed by atoms with Gasteiger partial charge in [-0.15, -0.1) is 0 Å². The Hall–Kier alpha value is -2.35. The Morgan fingerprint density at radius 3 is 2.56 bits per heavy atom. The third-order valence-electron chi connectivity index (χ3n) is 3.21. The lowest BCUT2D eigenvalue weighted by atomic mass is 9.95. The zero-order chi connectivity index (χ0) is 12.5. The number of aromatic nitrogens is 1. The van der Waals surface area contributed by atoms with E-state index in [4.69, 9.17) is 5.73 Å². The van der Waals surface area contributed by atoms with Crippen molar-refractivity contribution in [3.05, 3.63) is 60.3 Å². The summed E-state index contributed by atoms with van der Waals surface area (Å²) in [5.41, 5.74) is 9.24. The molecule has 0 saturated heterocycles. The number of benzene rings is 2. The molecule has 1 heterocycles. The minimum absolute atomic E-state index is 0.552. The van der Waals surface area contributed by atoms with Crippen LogP contribution in [0.4, 0.5) is 5.82 Å². The Morgan fingerprint density at radius 1 is 0.944 bits per heavy atom. The van der Waals surface area contributed by atoms with E-state index in [2.05, 4.69) is 48.3 Å². The van der Waals surface area contributed by atoms with Gasteiger partial charge in [-0.3, -0.25) is 0 Å². The molecule has 0 saturated carbocycles. The van der Waals surface area contributed by atoms with Gasteiger partial charge < -0.3 is 5.73 Å². The van der Waals surface area contributed by atoms with Gasteiger partial charge in [-0.05, 0) is 41.0 Å². The lowest BCUT2D eigenvalue weighted by Crippen LogP contribution is -1.91. The summed E-state index contributed by atoms with van der Waals surface area (Å²) in [7, 11) is 0. The molecule has 18 heavy (non-hydrogen) atoms. The quantitative estimate of drug-likeness (QED) is 0.695. The number of aryl methyl sites for hydroxylation is 1. The molecule has 0 fully saturated rings. The third kappa shape index (κ3) is 1.72. The van der Waals surface area contributed by atoms with Gasteiger partial charge in [0.2, 0.25) is 0 Å². The summed E-state index contributed by atoms with van der Waals surface area (Å²) in [5, 5.41) is 2.50. The van der Waals surface area contributed by atoms with E-state index in [0.29, 0.717) is 5.82 Å². The molecule has 0 aliphatic heterocycles. The van der Waals surface area contributed by atoms with E-state index in [9.17, 15) is 0 Å². The van der Waals surface area contributed by atoms with Crippen molar-refractivity contribution in [1.82, 2.24) is 4.98 Å². The van der Waals surface area contributed by atoms with Crippen LogP contribution in [-0.2, 0) is 0 Å². The summed E-state index contributed by atoms with van der Waals surface area (Å²) in [6.45, 7) is 2.12. The van der Waals surface area contributed by atoms with Crippen molar-refractivity contribution in [2.75, 3.05) is 5.73 Å². The average molecular weight is 234 g/mol. The summed E-state index contributed by atoms with van der Waals surface area (Å²) >= 11 is 0. The van der Waals surface area contributed by atoms with E-state index < -0.39 is 0 Å². The van der Waals surface area contributed by atoms with Gasteiger partial charge in [-0.1, -0.05) is 36.4 Å². The van der Waals surface area contributed by atoms with Crippen molar-refractivity contribution < 1.29 is 0 Å². The molecule has 0 spiro atoms. The second-order valence-electron chi connectivity index (χ2n) is 4.45. The topological polar surface area (TPSA) is 38.9 Å². The zero-order valence-corrected chi connectivity index (χ0v) is 10.2. The molecule has 0 bridgehead atoms. The zero-order valence-electron chi connectivity index (χ0n) is 10.2. The maximum Gasteiger partial charge on any atom is 0.123 e. The van der Waals surface area contributed by atoms with Crippen LogP contribution in [0.5, 0.6) is 0 Å². The average Bonchev–Trinajstić information content (AvgIpc) is 2.40. The van der Waals surface area contributed by atoms with E-state index in [1.165, 1.54) is 21.9 Å². The molecule has 3 aromatic rings. The van der Waals surface area contributed by atoms with Gasteiger partial charge >= 0.3 is 0 Å². The van der Waals surface area contributed by atoms with Gasteiger partial charge in [-0.25, -0.2) is 4.98 Å². The Labute approximate surface area is 106 Å². The number of rotatable bonds is 1. The summed E-state index contributed by atoms with van der Waals surface area (Å²) in [4.78, 5) is 4.18. The van der Waals surface area contributed by atoms with Crippen LogP contribution in [0, 0.1) is 6.92 Å². The van der Waals surface area contributed by atoms with Gasteiger partial charge in [-0.2, -0.15) is 0 Å². The lowest BCUT2D eigenvalue weighted by molar-refractivity contribution is 1.33. The molecule has 1 aromatic heterocycles. The molecule has 2 nitrogen and oxygen atoms in total. The summed E-state index contributed by atoms with van der Waals surface area (Å²) < 4.78 is 0. The van der Waals surface area contributed by atoms with Crippen molar-refractivity contribution in [3.8, 4) is 11.1 Å². The summed E-state index contributed by atoms with van der Waals surface area (Å²) in [6.07, 6.45) is 1.84. The summed E-state index contributed by atoms with van der Waals surface area (Å²) in [5.74, 6) is 0.552. The van der Waals surface area contributed by atoms with Gasteiger partial charge in [0, 0.05) is 11.8 Å². The van der Waals surface area contributed by atoms with E-state index >= 15 is 0 Å². The minimum atomic E-state index is 0.552. The molecule has 0 radical (unpaired) electrons. The highest BCUT2D eigenvalue weighted by atomic mass is 14.8. The number of nitrogens with zero attached hydrogens (tertiary/aromatic N) is 1. The van der Waals surface area contributed by atoms with E-state index in [-0.39, 0.29) is 0 Å². The van der Waals surface area contributed by atoms with Crippen LogP contribution in [0.25, 0.3) is 21.9 Å². The van der Waals surface area contributed by atoms with Crippen molar-refractivity contribution in [2.45, 2.75) is 6.92 Å². The minimum Gasteiger partial charge on any atom is -0.384 e. The molecule has 88 valence electrons. The molecular formula is C16H14N2. The van der Waals surface area contributed by atoms with Crippen molar-refractivity contribution in [1.29, 1.82) is 0 Å². The maximum atomic E-state index is 5.64. The number of nitrogen functional groups attached to an aromatic ring is 1. The fraction of sp³-hybridized carbons (Fsp3) is 0.0625. The number of hydrogen-bond acceptors (Lipinski definition) is 2. The van der Waals surface area contributed by atoms with Gasteiger partial charge in [0.1, 0.15) is 5.82 Å². The Morgan fingerprint density at radius 2 is 1.78 bits per heavy atom. The van der Waals surface area contributed by atoms with Crippen LogP contribution in [0.3, 0.4) is 0 Å². The van der Waals surface area contributed by atoms with Gasteiger partial charge in [0.15, 0.2) is 0 Å².